The molecule has 3 N–H and O–H groups in total. The number of aliphatic hydroxyl groups is 1. The van der Waals surface area contributed by atoms with E-state index < -0.39 is 0 Å². The lowest BCUT2D eigenvalue weighted by Crippen LogP contribution is -2.04. The molecule has 1 aromatic heterocycles. The third-order valence-electron chi connectivity index (χ3n) is 3.08. The van der Waals surface area contributed by atoms with Crippen molar-refractivity contribution in [2.24, 2.45) is 0 Å². The van der Waals surface area contributed by atoms with E-state index in [0.717, 1.165) is 16.9 Å². The van der Waals surface area contributed by atoms with Crippen LogP contribution in [0.1, 0.15) is 23.9 Å². The Hall–Kier alpha value is -2.27. The van der Waals surface area contributed by atoms with Crippen molar-refractivity contribution >= 4 is 5.69 Å². The van der Waals surface area contributed by atoms with Crippen LogP contribution in [-0.2, 0) is 13.2 Å². The minimum absolute atomic E-state index is 0.0845. The summed E-state index contributed by atoms with van der Waals surface area (Å²) < 4.78 is 5.44. The summed E-state index contributed by atoms with van der Waals surface area (Å²) in [5, 5.41) is 22.3. The molecule has 2 rings (SSSR count). The molecule has 0 bridgehead atoms. The fourth-order valence-electron chi connectivity index (χ4n) is 2.03. The van der Waals surface area contributed by atoms with Crippen LogP contribution in [0.4, 0.5) is 5.69 Å². The Labute approximate surface area is 124 Å². The maximum Gasteiger partial charge on any atom is 0.138 e. The maximum absolute atomic E-state index is 9.77. The van der Waals surface area contributed by atoms with Gasteiger partial charge in [0.15, 0.2) is 0 Å². The molecule has 0 unspecified atom stereocenters. The van der Waals surface area contributed by atoms with E-state index in [1.54, 1.807) is 12.1 Å². The highest BCUT2D eigenvalue weighted by atomic mass is 16.5. The first kappa shape index (κ1) is 15.1. The molecule has 1 heterocycles. The second-order valence-electron chi connectivity index (χ2n) is 4.69. The van der Waals surface area contributed by atoms with Crippen LogP contribution in [0.3, 0.4) is 0 Å². The molecule has 2 aromatic rings. The smallest absolute Gasteiger partial charge is 0.138 e. The van der Waals surface area contributed by atoms with Gasteiger partial charge in [-0.15, -0.1) is 0 Å². The summed E-state index contributed by atoms with van der Waals surface area (Å²) in [6.45, 7) is 4.66. The zero-order chi connectivity index (χ0) is 15.2. The minimum atomic E-state index is -0.0845. The van der Waals surface area contributed by atoms with Gasteiger partial charge in [0.25, 0.3) is 0 Å². The van der Waals surface area contributed by atoms with Crippen molar-refractivity contribution in [2.45, 2.75) is 27.0 Å². The Bertz CT molecular complexity index is 614. The van der Waals surface area contributed by atoms with Gasteiger partial charge in [-0.25, -0.2) is 0 Å². The van der Waals surface area contributed by atoms with Gasteiger partial charge in [-0.3, -0.25) is 4.98 Å². The molecule has 112 valence electrons. The number of benzene rings is 1. The zero-order valence-electron chi connectivity index (χ0n) is 12.3. The second kappa shape index (κ2) is 6.95. The van der Waals surface area contributed by atoms with E-state index in [0.29, 0.717) is 24.6 Å². The van der Waals surface area contributed by atoms with Crippen LogP contribution in [0.5, 0.6) is 11.5 Å². The lowest BCUT2D eigenvalue weighted by molar-refractivity contribution is 0.267. The van der Waals surface area contributed by atoms with E-state index in [1.807, 2.05) is 32.0 Å². The SMILES string of the molecule is CCOc1ccc(NCc2nc(C)ccc2O)cc1CO. The van der Waals surface area contributed by atoms with Crippen molar-refractivity contribution in [2.75, 3.05) is 11.9 Å². The third-order valence-corrected chi connectivity index (χ3v) is 3.08. The van der Waals surface area contributed by atoms with E-state index in [-0.39, 0.29) is 12.4 Å². The molecule has 0 spiro atoms. The first-order valence-corrected chi connectivity index (χ1v) is 6.90. The number of aromatic nitrogens is 1. The van der Waals surface area contributed by atoms with E-state index in [1.165, 1.54) is 0 Å². The molecule has 5 heteroatoms. The fourth-order valence-corrected chi connectivity index (χ4v) is 2.03. The third kappa shape index (κ3) is 3.86. The van der Waals surface area contributed by atoms with Crippen molar-refractivity contribution in [3.63, 3.8) is 0 Å². The number of aliphatic hydroxyl groups excluding tert-OH is 1. The molecule has 21 heavy (non-hydrogen) atoms. The van der Waals surface area contributed by atoms with Crippen molar-refractivity contribution < 1.29 is 14.9 Å². The minimum Gasteiger partial charge on any atom is -0.506 e. The first-order chi connectivity index (χ1) is 10.1. The van der Waals surface area contributed by atoms with E-state index in [2.05, 4.69) is 10.3 Å². The fraction of sp³-hybridized carbons (Fsp3) is 0.312. The summed E-state index contributed by atoms with van der Waals surface area (Å²) in [6.07, 6.45) is 0. The second-order valence-corrected chi connectivity index (χ2v) is 4.69. The van der Waals surface area contributed by atoms with Gasteiger partial charge >= 0.3 is 0 Å². The van der Waals surface area contributed by atoms with E-state index in [4.69, 9.17) is 4.74 Å². The summed E-state index contributed by atoms with van der Waals surface area (Å²) in [5.74, 6) is 0.850. The number of nitrogens with zero attached hydrogens (tertiary/aromatic N) is 1. The van der Waals surface area contributed by atoms with Gasteiger partial charge in [0.1, 0.15) is 17.2 Å². The largest absolute Gasteiger partial charge is 0.506 e. The number of pyridine rings is 1. The van der Waals surface area contributed by atoms with Crippen LogP contribution >= 0.6 is 0 Å². The Kier molecular flexibility index (Phi) is 5.00. The topological polar surface area (TPSA) is 74.6 Å². The Morgan fingerprint density at radius 3 is 2.76 bits per heavy atom. The predicted octanol–water partition coefficient (Wildman–Crippen LogP) is 2.60. The number of ether oxygens (including phenoxy) is 1. The Morgan fingerprint density at radius 2 is 2.05 bits per heavy atom. The van der Waals surface area contributed by atoms with Gasteiger partial charge in [0.2, 0.25) is 0 Å². The molecule has 0 aliphatic carbocycles. The van der Waals surface area contributed by atoms with Crippen molar-refractivity contribution in [3.05, 3.63) is 47.3 Å². The molecule has 0 saturated carbocycles. The molecule has 0 fully saturated rings. The number of aromatic hydroxyl groups is 1. The van der Waals surface area contributed by atoms with Gasteiger partial charge in [-0.2, -0.15) is 0 Å². The van der Waals surface area contributed by atoms with Gasteiger partial charge in [0, 0.05) is 16.9 Å². The predicted molar refractivity (Wildman–Crippen MR) is 81.5 cm³/mol. The molecule has 0 radical (unpaired) electrons. The molecule has 1 aromatic carbocycles. The summed E-state index contributed by atoms with van der Waals surface area (Å²) in [6, 6.07) is 8.92. The Balaban J connectivity index is 2.11. The highest BCUT2D eigenvalue weighted by Gasteiger charge is 2.06. The molecular formula is C16H20N2O3. The van der Waals surface area contributed by atoms with Crippen LogP contribution in [0, 0.1) is 6.92 Å². The van der Waals surface area contributed by atoms with Crippen molar-refractivity contribution in [1.29, 1.82) is 0 Å². The number of aryl methyl sites for hydroxylation is 1. The standard InChI is InChI=1S/C16H20N2O3/c1-3-21-16-7-5-13(8-12(16)10-19)17-9-14-15(20)6-4-11(2)18-14/h4-8,17,19-20H,3,9-10H2,1-2H3. The van der Waals surface area contributed by atoms with Gasteiger partial charge in [-0.05, 0) is 44.2 Å². The molecule has 0 aliphatic rings. The van der Waals surface area contributed by atoms with Crippen LogP contribution in [0.25, 0.3) is 0 Å². The number of hydrogen-bond donors (Lipinski definition) is 3. The quantitative estimate of drug-likeness (QED) is 0.762. The highest BCUT2D eigenvalue weighted by Crippen LogP contribution is 2.24. The average molecular weight is 288 g/mol. The van der Waals surface area contributed by atoms with Crippen LogP contribution < -0.4 is 10.1 Å². The van der Waals surface area contributed by atoms with Gasteiger partial charge in [0.05, 0.1) is 19.8 Å². The van der Waals surface area contributed by atoms with Crippen LogP contribution in [0.15, 0.2) is 30.3 Å². The molecule has 0 atom stereocenters. The molecule has 5 nitrogen and oxygen atoms in total. The molecule has 0 amide bonds. The lowest BCUT2D eigenvalue weighted by Gasteiger charge is -2.12. The first-order valence-electron chi connectivity index (χ1n) is 6.90. The van der Waals surface area contributed by atoms with Crippen molar-refractivity contribution in [3.8, 4) is 11.5 Å². The summed E-state index contributed by atoms with van der Waals surface area (Å²) in [5.41, 5.74) is 3.01. The molecule has 0 aliphatic heterocycles. The van der Waals surface area contributed by atoms with E-state index in [9.17, 15) is 10.2 Å². The normalized spacial score (nSPS) is 10.4. The van der Waals surface area contributed by atoms with E-state index >= 15 is 0 Å². The lowest BCUT2D eigenvalue weighted by atomic mass is 10.2. The van der Waals surface area contributed by atoms with Gasteiger partial charge in [-0.1, -0.05) is 0 Å². The maximum atomic E-state index is 9.77. The Morgan fingerprint density at radius 1 is 1.24 bits per heavy atom. The number of hydrogen-bond acceptors (Lipinski definition) is 5. The zero-order valence-corrected chi connectivity index (χ0v) is 12.3. The van der Waals surface area contributed by atoms with Crippen molar-refractivity contribution in [1.82, 2.24) is 4.98 Å². The number of nitrogens with one attached hydrogen (secondary N) is 1. The summed E-state index contributed by atoms with van der Waals surface area (Å²) in [4.78, 5) is 4.29. The molecule has 0 saturated heterocycles. The number of rotatable bonds is 6. The summed E-state index contributed by atoms with van der Waals surface area (Å²) in [7, 11) is 0. The van der Waals surface area contributed by atoms with Crippen LogP contribution in [-0.4, -0.2) is 21.8 Å². The highest BCUT2D eigenvalue weighted by molar-refractivity contribution is 5.51. The van der Waals surface area contributed by atoms with Gasteiger partial charge < -0.3 is 20.3 Å². The van der Waals surface area contributed by atoms with Crippen LogP contribution in [0.2, 0.25) is 0 Å². The summed E-state index contributed by atoms with van der Waals surface area (Å²) >= 11 is 0. The average Bonchev–Trinajstić information content (AvgIpc) is 2.49. The monoisotopic (exact) mass is 288 g/mol. The number of anilines is 1. The molecular weight excluding hydrogens is 268 g/mol.